The van der Waals surface area contributed by atoms with Crippen LogP contribution in [0.15, 0.2) is 47.6 Å². The van der Waals surface area contributed by atoms with E-state index in [0.717, 1.165) is 10.6 Å². The molecule has 0 saturated heterocycles. The molecule has 0 unspecified atom stereocenters. The van der Waals surface area contributed by atoms with Gasteiger partial charge in [0.25, 0.3) is 0 Å². The molecule has 0 atom stereocenters. The van der Waals surface area contributed by atoms with Crippen molar-refractivity contribution in [3.05, 3.63) is 42.7 Å². The van der Waals surface area contributed by atoms with Gasteiger partial charge in [-0.2, -0.15) is 0 Å². The minimum atomic E-state index is 0.589. The fourth-order valence-electron chi connectivity index (χ4n) is 1.11. The number of anilines is 2. The number of hydrogen-bond acceptors (Lipinski definition) is 5. The summed E-state index contributed by atoms with van der Waals surface area (Å²) < 4.78 is 0. The van der Waals surface area contributed by atoms with Crippen LogP contribution in [0.1, 0.15) is 0 Å². The summed E-state index contributed by atoms with van der Waals surface area (Å²) in [5.41, 5.74) is 0.944. The third kappa shape index (κ3) is 2.68. The maximum Gasteiger partial charge on any atom is 0.227 e. The van der Waals surface area contributed by atoms with Crippen LogP contribution in [0, 0.1) is 0 Å². The number of rotatable bonds is 3. The van der Waals surface area contributed by atoms with Gasteiger partial charge in [-0.15, -0.1) is 0 Å². The molecule has 0 aliphatic heterocycles. The van der Waals surface area contributed by atoms with Crippen LogP contribution in [-0.2, 0) is 0 Å². The van der Waals surface area contributed by atoms with Crippen molar-refractivity contribution in [1.82, 2.24) is 9.97 Å². The molecule has 1 heterocycles. The summed E-state index contributed by atoms with van der Waals surface area (Å²) >= 11 is 1.22. The maximum absolute atomic E-state index is 5.42. The van der Waals surface area contributed by atoms with E-state index in [4.69, 9.17) is 5.14 Å². The standard InChI is InChI=1S/C10H10N4S/c11-15-9-4-2-8(3-5-9)14-10-12-6-1-7-13-10/h1-7H,11H2,(H,12,13,14). The molecule has 2 aromatic rings. The van der Waals surface area contributed by atoms with E-state index in [1.807, 2.05) is 24.3 Å². The van der Waals surface area contributed by atoms with Gasteiger partial charge in [0.05, 0.1) is 0 Å². The summed E-state index contributed by atoms with van der Waals surface area (Å²) in [6.45, 7) is 0. The smallest absolute Gasteiger partial charge is 0.227 e. The van der Waals surface area contributed by atoms with Gasteiger partial charge in [-0.25, -0.2) is 9.97 Å². The van der Waals surface area contributed by atoms with E-state index in [-0.39, 0.29) is 0 Å². The molecule has 0 aliphatic rings. The molecule has 1 aromatic heterocycles. The van der Waals surface area contributed by atoms with E-state index in [9.17, 15) is 0 Å². The second-order valence-electron chi connectivity index (χ2n) is 2.84. The Morgan fingerprint density at radius 3 is 2.33 bits per heavy atom. The first-order valence-corrected chi connectivity index (χ1v) is 5.27. The van der Waals surface area contributed by atoms with E-state index in [2.05, 4.69) is 15.3 Å². The Balaban J connectivity index is 2.11. The zero-order valence-electron chi connectivity index (χ0n) is 7.92. The van der Waals surface area contributed by atoms with Crippen molar-refractivity contribution in [2.75, 3.05) is 5.32 Å². The van der Waals surface area contributed by atoms with Crippen LogP contribution >= 0.6 is 11.9 Å². The van der Waals surface area contributed by atoms with Crippen molar-refractivity contribution >= 4 is 23.6 Å². The van der Waals surface area contributed by atoms with Crippen LogP contribution in [0.5, 0.6) is 0 Å². The number of nitrogens with one attached hydrogen (secondary N) is 1. The highest BCUT2D eigenvalue weighted by molar-refractivity contribution is 7.97. The van der Waals surface area contributed by atoms with E-state index in [1.54, 1.807) is 18.5 Å². The van der Waals surface area contributed by atoms with Crippen LogP contribution in [0.4, 0.5) is 11.6 Å². The predicted molar refractivity (Wildman–Crippen MR) is 61.8 cm³/mol. The van der Waals surface area contributed by atoms with Crippen molar-refractivity contribution < 1.29 is 0 Å². The van der Waals surface area contributed by atoms with Gasteiger partial charge in [0.1, 0.15) is 0 Å². The number of hydrogen-bond donors (Lipinski definition) is 2. The molecule has 1 aromatic carbocycles. The van der Waals surface area contributed by atoms with Crippen molar-refractivity contribution in [2.45, 2.75) is 4.90 Å². The van der Waals surface area contributed by atoms with Crippen molar-refractivity contribution in [3.63, 3.8) is 0 Å². The minimum absolute atomic E-state index is 0.589. The average Bonchev–Trinajstić information content (AvgIpc) is 2.31. The topological polar surface area (TPSA) is 63.8 Å². The Kier molecular flexibility index (Phi) is 3.16. The average molecular weight is 218 g/mol. The van der Waals surface area contributed by atoms with Crippen molar-refractivity contribution in [2.24, 2.45) is 5.14 Å². The third-order valence-electron chi connectivity index (χ3n) is 1.81. The first-order chi connectivity index (χ1) is 7.38. The number of aromatic nitrogens is 2. The van der Waals surface area contributed by atoms with Gasteiger partial charge in [-0.05, 0) is 42.3 Å². The summed E-state index contributed by atoms with van der Waals surface area (Å²) in [6.07, 6.45) is 3.39. The molecule has 0 aliphatic carbocycles. The van der Waals surface area contributed by atoms with Crippen LogP contribution in [0.3, 0.4) is 0 Å². The molecular formula is C10H10N4S. The summed E-state index contributed by atoms with van der Waals surface area (Å²) in [5, 5.41) is 8.51. The monoisotopic (exact) mass is 218 g/mol. The molecule has 0 spiro atoms. The largest absolute Gasteiger partial charge is 0.324 e. The van der Waals surface area contributed by atoms with E-state index in [0.29, 0.717) is 5.95 Å². The molecule has 2 rings (SSSR count). The summed E-state index contributed by atoms with van der Waals surface area (Å²) in [4.78, 5) is 9.15. The van der Waals surface area contributed by atoms with Gasteiger partial charge in [0.15, 0.2) is 0 Å². The highest BCUT2D eigenvalue weighted by Crippen LogP contribution is 2.17. The minimum Gasteiger partial charge on any atom is -0.324 e. The first kappa shape index (κ1) is 9.95. The van der Waals surface area contributed by atoms with Gasteiger partial charge < -0.3 is 5.32 Å². The Labute approximate surface area is 92.1 Å². The molecule has 4 nitrogen and oxygen atoms in total. The third-order valence-corrected chi connectivity index (χ3v) is 2.36. The molecule has 0 bridgehead atoms. The van der Waals surface area contributed by atoms with Crippen molar-refractivity contribution in [3.8, 4) is 0 Å². The van der Waals surface area contributed by atoms with E-state index >= 15 is 0 Å². The predicted octanol–water partition coefficient (Wildman–Crippen LogP) is 2.19. The second kappa shape index (κ2) is 4.77. The molecule has 3 N–H and O–H groups in total. The zero-order valence-corrected chi connectivity index (χ0v) is 8.74. The molecule has 0 amide bonds. The Bertz CT molecular complexity index is 415. The number of nitrogens with zero attached hydrogens (tertiary/aromatic N) is 2. The molecule has 0 saturated carbocycles. The zero-order chi connectivity index (χ0) is 10.5. The van der Waals surface area contributed by atoms with Gasteiger partial charge in [-0.3, -0.25) is 5.14 Å². The maximum atomic E-state index is 5.42. The molecule has 5 heteroatoms. The van der Waals surface area contributed by atoms with E-state index < -0.39 is 0 Å². The first-order valence-electron chi connectivity index (χ1n) is 4.39. The SMILES string of the molecule is NSc1ccc(Nc2ncccn2)cc1. The lowest BCUT2D eigenvalue weighted by Crippen LogP contribution is -1.95. The fourth-order valence-corrected chi connectivity index (χ4v) is 1.40. The molecule has 0 fully saturated rings. The lowest BCUT2D eigenvalue weighted by Gasteiger charge is -2.04. The van der Waals surface area contributed by atoms with E-state index in [1.165, 1.54) is 11.9 Å². The van der Waals surface area contributed by atoms with Crippen LogP contribution < -0.4 is 10.5 Å². The molecule has 76 valence electrons. The van der Waals surface area contributed by atoms with Crippen LogP contribution in [0.25, 0.3) is 0 Å². The van der Waals surface area contributed by atoms with Gasteiger partial charge in [0.2, 0.25) is 5.95 Å². The highest BCUT2D eigenvalue weighted by Gasteiger charge is 1.96. The van der Waals surface area contributed by atoms with Gasteiger partial charge in [-0.1, -0.05) is 0 Å². The lowest BCUT2D eigenvalue weighted by molar-refractivity contribution is 1.16. The van der Waals surface area contributed by atoms with Crippen molar-refractivity contribution in [1.29, 1.82) is 0 Å². The quantitative estimate of drug-likeness (QED) is 0.773. The molecule has 15 heavy (non-hydrogen) atoms. The summed E-state index contributed by atoms with van der Waals surface area (Å²) in [6, 6.07) is 9.53. The van der Waals surface area contributed by atoms with Gasteiger partial charge >= 0.3 is 0 Å². The summed E-state index contributed by atoms with van der Waals surface area (Å²) in [5.74, 6) is 0.589. The lowest BCUT2D eigenvalue weighted by atomic mass is 10.3. The Morgan fingerprint density at radius 2 is 1.73 bits per heavy atom. The fraction of sp³-hybridized carbons (Fsp3) is 0. The second-order valence-corrected chi connectivity index (χ2v) is 3.55. The Morgan fingerprint density at radius 1 is 1.07 bits per heavy atom. The summed E-state index contributed by atoms with van der Waals surface area (Å²) in [7, 11) is 0. The highest BCUT2D eigenvalue weighted by atomic mass is 32.2. The van der Waals surface area contributed by atoms with Crippen LogP contribution in [-0.4, -0.2) is 9.97 Å². The molecular weight excluding hydrogens is 208 g/mol. The molecule has 0 radical (unpaired) electrons. The number of nitrogens with two attached hydrogens (primary N) is 1. The van der Waals surface area contributed by atoms with Gasteiger partial charge in [0, 0.05) is 23.0 Å². The van der Waals surface area contributed by atoms with Crippen LogP contribution in [0.2, 0.25) is 0 Å². The number of benzene rings is 1. The Hall–Kier alpha value is -1.59. The normalized spacial score (nSPS) is 9.93.